The van der Waals surface area contributed by atoms with Gasteiger partial charge in [0.05, 0.1) is 35.8 Å². The van der Waals surface area contributed by atoms with Crippen molar-refractivity contribution in [2.75, 3.05) is 24.5 Å². The van der Waals surface area contributed by atoms with Crippen LogP contribution < -0.4 is 4.90 Å². The Morgan fingerprint density at radius 1 is 1.27 bits per heavy atom. The summed E-state index contributed by atoms with van der Waals surface area (Å²) >= 11 is 0. The molecule has 7 nitrogen and oxygen atoms in total. The highest BCUT2D eigenvalue weighted by Crippen LogP contribution is 2.46. The lowest BCUT2D eigenvalue weighted by molar-refractivity contribution is -0.0407. The van der Waals surface area contributed by atoms with Crippen LogP contribution in [-0.4, -0.2) is 47.1 Å². The monoisotopic (exact) mass is 448 g/mol. The highest BCUT2D eigenvalue weighted by molar-refractivity contribution is 5.92. The SMILES string of the molecule is CC(C)C1CN(c2nc(C3CC3)c3c(c2C#N)CC(C)(C)OC3)CCN1C(=O)c1ccco1. The molecule has 0 bridgehead atoms. The third-order valence-electron chi connectivity index (χ3n) is 7.19. The molecule has 1 saturated carbocycles. The molecule has 174 valence electrons. The van der Waals surface area contributed by atoms with Crippen LogP contribution in [0.4, 0.5) is 5.82 Å². The van der Waals surface area contributed by atoms with Crippen molar-refractivity contribution in [3.05, 3.63) is 46.5 Å². The van der Waals surface area contributed by atoms with Crippen molar-refractivity contribution in [3.63, 3.8) is 0 Å². The zero-order valence-corrected chi connectivity index (χ0v) is 19.9. The van der Waals surface area contributed by atoms with Gasteiger partial charge in [-0.25, -0.2) is 4.98 Å². The number of furan rings is 1. The number of nitriles is 1. The Hall–Kier alpha value is -2.85. The van der Waals surface area contributed by atoms with E-state index in [0.717, 1.165) is 35.5 Å². The number of nitrogens with zero attached hydrogens (tertiary/aromatic N) is 4. The molecule has 0 N–H and O–H groups in total. The molecule has 2 aromatic rings. The van der Waals surface area contributed by atoms with Gasteiger partial charge in [0, 0.05) is 37.5 Å². The molecule has 33 heavy (non-hydrogen) atoms. The molecular formula is C26H32N4O3. The molecule has 3 aliphatic rings. The summed E-state index contributed by atoms with van der Waals surface area (Å²) in [6, 6.07) is 5.96. The normalized spacial score (nSPS) is 22.2. The van der Waals surface area contributed by atoms with Crippen LogP contribution in [0.1, 0.15) is 79.4 Å². The van der Waals surface area contributed by atoms with Gasteiger partial charge in [-0.2, -0.15) is 5.26 Å². The van der Waals surface area contributed by atoms with Crippen molar-refractivity contribution >= 4 is 11.7 Å². The van der Waals surface area contributed by atoms with Crippen LogP contribution in [0, 0.1) is 17.2 Å². The Balaban J connectivity index is 1.51. The maximum absolute atomic E-state index is 13.1. The predicted molar refractivity (Wildman–Crippen MR) is 124 cm³/mol. The van der Waals surface area contributed by atoms with E-state index in [4.69, 9.17) is 14.1 Å². The summed E-state index contributed by atoms with van der Waals surface area (Å²) in [7, 11) is 0. The van der Waals surface area contributed by atoms with Crippen molar-refractivity contribution < 1.29 is 13.9 Å². The molecule has 0 aromatic carbocycles. The molecule has 1 unspecified atom stereocenters. The molecule has 0 radical (unpaired) electrons. The summed E-state index contributed by atoms with van der Waals surface area (Å²) in [4.78, 5) is 22.3. The number of ether oxygens (including phenoxy) is 1. The van der Waals surface area contributed by atoms with Crippen molar-refractivity contribution in [3.8, 4) is 6.07 Å². The quantitative estimate of drug-likeness (QED) is 0.695. The Bertz CT molecular complexity index is 1100. The van der Waals surface area contributed by atoms with E-state index >= 15 is 0 Å². The molecule has 1 atom stereocenters. The van der Waals surface area contributed by atoms with E-state index in [9.17, 15) is 10.1 Å². The standard InChI is InChI=1S/C26H32N4O3/c1-16(2)21-14-29(9-10-30(21)25(31)22-6-5-11-32-22)24-19(13-27)18-12-26(3,4)33-15-20(18)23(28-24)17-7-8-17/h5-6,11,16-17,21H,7-10,12,14-15H2,1-4H3. The Labute approximate surface area is 195 Å². The molecule has 2 aliphatic heterocycles. The number of pyridine rings is 1. The number of carbonyl (C=O) groups is 1. The maximum atomic E-state index is 13.1. The molecular weight excluding hydrogens is 416 g/mol. The molecule has 4 heterocycles. The second-order valence-electron chi connectivity index (χ2n) is 10.5. The number of carbonyl (C=O) groups excluding carboxylic acids is 1. The highest BCUT2D eigenvalue weighted by Gasteiger charge is 2.39. The number of amides is 1. The van der Waals surface area contributed by atoms with Gasteiger partial charge >= 0.3 is 0 Å². The summed E-state index contributed by atoms with van der Waals surface area (Å²) < 4.78 is 11.5. The van der Waals surface area contributed by atoms with Gasteiger partial charge in [-0.1, -0.05) is 13.8 Å². The van der Waals surface area contributed by atoms with Gasteiger partial charge in [0.1, 0.15) is 11.9 Å². The molecule has 7 heteroatoms. The number of fused-ring (bicyclic) bond motifs is 1. The van der Waals surface area contributed by atoms with Crippen LogP contribution in [0.2, 0.25) is 0 Å². The Morgan fingerprint density at radius 2 is 2.06 bits per heavy atom. The molecule has 0 spiro atoms. The first-order chi connectivity index (χ1) is 15.8. The van der Waals surface area contributed by atoms with E-state index in [1.54, 1.807) is 12.1 Å². The fourth-order valence-corrected chi connectivity index (χ4v) is 5.19. The van der Waals surface area contributed by atoms with Crippen LogP contribution in [0.5, 0.6) is 0 Å². The number of piperazine rings is 1. The third kappa shape index (κ3) is 4.02. The first kappa shape index (κ1) is 22.0. The molecule has 2 aromatic heterocycles. The summed E-state index contributed by atoms with van der Waals surface area (Å²) in [5, 5.41) is 10.2. The van der Waals surface area contributed by atoms with Crippen molar-refractivity contribution in [2.45, 2.75) is 71.1 Å². The lowest BCUT2D eigenvalue weighted by Crippen LogP contribution is -2.57. The second-order valence-corrected chi connectivity index (χ2v) is 10.5. The van der Waals surface area contributed by atoms with Crippen LogP contribution in [0.3, 0.4) is 0 Å². The zero-order chi connectivity index (χ0) is 23.3. The first-order valence-corrected chi connectivity index (χ1v) is 12.0. The molecule has 1 amide bonds. The van der Waals surface area contributed by atoms with E-state index < -0.39 is 0 Å². The summed E-state index contributed by atoms with van der Waals surface area (Å²) in [6.07, 6.45) is 4.54. The zero-order valence-electron chi connectivity index (χ0n) is 19.9. The molecule has 5 rings (SSSR count). The minimum atomic E-state index is -0.299. The third-order valence-corrected chi connectivity index (χ3v) is 7.19. The maximum Gasteiger partial charge on any atom is 0.289 e. The van der Waals surface area contributed by atoms with Gasteiger partial charge < -0.3 is 19.0 Å². The fraction of sp³-hybridized carbons (Fsp3) is 0.577. The van der Waals surface area contributed by atoms with Gasteiger partial charge in [0.15, 0.2) is 5.76 Å². The molecule has 2 fully saturated rings. The number of anilines is 1. The van der Waals surface area contributed by atoms with E-state index in [2.05, 4.69) is 38.7 Å². The average Bonchev–Trinajstić information content (AvgIpc) is 3.49. The number of hydrogen-bond acceptors (Lipinski definition) is 6. The van der Waals surface area contributed by atoms with Gasteiger partial charge in [-0.3, -0.25) is 4.79 Å². The molecule has 1 saturated heterocycles. The second kappa shape index (κ2) is 8.18. The lowest BCUT2D eigenvalue weighted by Gasteiger charge is -2.44. The highest BCUT2D eigenvalue weighted by atomic mass is 16.5. The van der Waals surface area contributed by atoms with E-state index in [0.29, 0.717) is 49.9 Å². The van der Waals surface area contributed by atoms with Gasteiger partial charge in [0.25, 0.3) is 5.91 Å². The Kier molecular flexibility index (Phi) is 5.44. The van der Waals surface area contributed by atoms with Crippen molar-refractivity contribution in [2.24, 2.45) is 5.92 Å². The fourth-order valence-electron chi connectivity index (χ4n) is 5.19. The molecule has 1 aliphatic carbocycles. The topological polar surface area (TPSA) is 82.6 Å². The Morgan fingerprint density at radius 3 is 2.70 bits per heavy atom. The van der Waals surface area contributed by atoms with Gasteiger partial charge in [-0.05, 0) is 50.3 Å². The number of aromatic nitrogens is 1. The minimum Gasteiger partial charge on any atom is -0.459 e. The predicted octanol–water partition coefficient (Wildman–Crippen LogP) is 4.26. The van der Waals surface area contributed by atoms with Crippen LogP contribution in [0.15, 0.2) is 22.8 Å². The minimum absolute atomic E-state index is 0.00451. The van der Waals surface area contributed by atoms with Crippen LogP contribution in [0.25, 0.3) is 0 Å². The van der Waals surface area contributed by atoms with Gasteiger partial charge in [-0.15, -0.1) is 0 Å². The number of rotatable bonds is 4. The number of hydrogen-bond donors (Lipinski definition) is 0. The average molecular weight is 449 g/mol. The van der Waals surface area contributed by atoms with Crippen LogP contribution in [-0.2, 0) is 17.8 Å². The van der Waals surface area contributed by atoms with E-state index in [1.807, 2.05) is 4.90 Å². The largest absolute Gasteiger partial charge is 0.459 e. The smallest absolute Gasteiger partial charge is 0.289 e. The van der Waals surface area contributed by atoms with E-state index in [1.165, 1.54) is 6.26 Å². The van der Waals surface area contributed by atoms with Crippen molar-refractivity contribution in [1.82, 2.24) is 9.88 Å². The van der Waals surface area contributed by atoms with E-state index in [-0.39, 0.29) is 23.5 Å². The van der Waals surface area contributed by atoms with Crippen LogP contribution >= 0.6 is 0 Å². The van der Waals surface area contributed by atoms with Gasteiger partial charge in [0.2, 0.25) is 0 Å². The first-order valence-electron chi connectivity index (χ1n) is 12.0. The summed E-state index contributed by atoms with van der Waals surface area (Å²) in [5.41, 5.74) is 3.73. The van der Waals surface area contributed by atoms with Crippen molar-refractivity contribution in [1.29, 1.82) is 5.26 Å². The lowest BCUT2D eigenvalue weighted by atomic mass is 9.87. The summed E-state index contributed by atoms with van der Waals surface area (Å²) in [5.74, 6) is 1.81. The summed E-state index contributed by atoms with van der Waals surface area (Å²) in [6.45, 7) is 10.8.